The van der Waals surface area contributed by atoms with Crippen molar-refractivity contribution in [1.82, 2.24) is 15.5 Å². The molecule has 0 amide bonds. The Hall–Kier alpha value is -1.11. The molecule has 2 heterocycles. The number of morpholine rings is 1. The Morgan fingerprint density at radius 2 is 2.39 bits per heavy atom. The average molecular weight is 339 g/mol. The summed E-state index contributed by atoms with van der Waals surface area (Å²) in [6.07, 6.45) is 1.33. The second-order valence-electron chi connectivity index (χ2n) is 6.24. The summed E-state index contributed by atoms with van der Waals surface area (Å²) in [5.74, 6) is 1.43. The van der Waals surface area contributed by atoms with Crippen LogP contribution < -0.4 is 10.6 Å². The number of ether oxygens (including phenoxy) is 1. The van der Waals surface area contributed by atoms with E-state index in [4.69, 9.17) is 9.73 Å². The van der Waals surface area contributed by atoms with Gasteiger partial charge < -0.3 is 20.3 Å². The van der Waals surface area contributed by atoms with Gasteiger partial charge >= 0.3 is 0 Å². The van der Waals surface area contributed by atoms with Gasteiger partial charge in [0.15, 0.2) is 5.96 Å². The molecule has 23 heavy (non-hydrogen) atoms. The molecule has 2 rings (SSSR count). The summed E-state index contributed by atoms with van der Waals surface area (Å²) in [5, 5.41) is 8.87. The molecule has 1 aromatic heterocycles. The Labute approximate surface area is 144 Å². The highest BCUT2D eigenvalue weighted by Crippen LogP contribution is 2.14. The highest BCUT2D eigenvalue weighted by Gasteiger charge is 2.17. The molecule has 1 aromatic rings. The molecule has 5 nitrogen and oxygen atoms in total. The summed E-state index contributed by atoms with van der Waals surface area (Å²) < 4.78 is 5.79. The van der Waals surface area contributed by atoms with Crippen LogP contribution in [0.1, 0.15) is 18.7 Å². The molecule has 130 valence electrons. The first-order valence-electron chi connectivity index (χ1n) is 8.52. The monoisotopic (exact) mass is 338 g/mol. The Bertz CT molecular complexity index is 463. The lowest BCUT2D eigenvalue weighted by atomic mass is 10.1. The lowest BCUT2D eigenvalue weighted by Gasteiger charge is -2.30. The summed E-state index contributed by atoms with van der Waals surface area (Å²) in [6.45, 7) is 9.66. The fourth-order valence-corrected chi connectivity index (χ4v) is 3.50. The molecule has 1 aliphatic heterocycles. The molecule has 1 saturated heterocycles. The molecule has 0 bridgehead atoms. The topological polar surface area (TPSA) is 48.9 Å². The first-order valence-corrected chi connectivity index (χ1v) is 9.40. The summed E-state index contributed by atoms with van der Waals surface area (Å²) in [7, 11) is 2.14. The summed E-state index contributed by atoms with van der Waals surface area (Å²) in [5.41, 5.74) is 0. The molecule has 1 aliphatic rings. The molecule has 2 atom stereocenters. The number of likely N-dealkylation sites (N-methyl/N-ethyl adjacent to an activating group) is 1. The number of thiophene rings is 1. The van der Waals surface area contributed by atoms with Crippen molar-refractivity contribution < 1.29 is 4.74 Å². The van der Waals surface area contributed by atoms with Crippen molar-refractivity contribution in [3.05, 3.63) is 22.4 Å². The minimum Gasteiger partial charge on any atom is -0.374 e. The van der Waals surface area contributed by atoms with Crippen LogP contribution in [0.4, 0.5) is 0 Å². The Morgan fingerprint density at radius 1 is 1.52 bits per heavy atom. The van der Waals surface area contributed by atoms with Crippen LogP contribution in [0, 0.1) is 5.92 Å². The van der Waals surface area contributed by atoms with Crippen LogP contribution in [0.25, 0.3) is 0 Å². The van der Waals surface area contributed by atoms with Crippen LogP contribution in [-0.4, -0.2) is 63.3 Å². The second kappa shape index (κ2) is 9.90. The van der Waals surface area contributed by atoms with E-state index >= 15 is 0 Å². The third-order valence-electron chi connectivity index (χ3n) is 3.87. The van der Waals surface area contributed by atoms with Gasteiger partial charge in [-0.3, -0.25) is 4.99 Å². The highest BCUT2D eigenvalue weighted by molar-refractivity contribution is 7.09. The van der Waals surface area contributed by atoms with Gasteiger partial charge in [-0.15, -0.1) is 11.3 Å². The summed E-state index contributed by atoms with van der Waals surface area (Å²) in [4.78, 5) is 8.47. The number of nitrogens with one attached hydrogen (secondary N) is 2. The van der Waals surface area contributed by atoms with E-state index in [1.807, 2.05) is 11.3 Å². The van der Waals surface area contributed by atoms with E-state index in [1.54, 1.807) is 0 Å². The third-order valence-corrected chi connectivity index (χ3v) is 4.77. The van der Waals surface area contributed by atoms with Crippen molar-refractivity contribution in [2.75, 3.05) is 46.4 Å². The third kappa shape index (κ3) is 6.89. The van der Waals surface area contributed by atoms with Gasteiger partial charge in [-0.25, -0.2) is 0 Å². The lowest BCUT2D eigenvalue weighted by Crippen LogP contribution is -2.48. The number of hydrogen-bond donors (Lipinski definition) is 2. The predicted octanol–water partition coefficient (Wildman–Crippen LogP) is 1.81. The molecule has 2 N–H and O–H groups in total. The number of rotatable bonds is 7. The van der Waals surface area contributed by atoms with E-state index in [-0.39, 0.29) is 6.10 Å². The van der Waals surface area contributed by atoms with E-state index in [1.165, 1.54) is 4.88 Å². The molecule has 0 saturated carbocycles. The predicted molar refractivity (Wildman–Crippen MR) is 98.4 cm³/mol. The quantitative estimate of drug-likeness (QED) is 0.588. The van der Waals surface area contributed by atoms with Gasteiger partial charge in [0, 0.05) is 37.6 Å². The number of aliphatic imine (C=N–C) groups is 1. The zero-order valence-electron chi connectivity index (χ0n) is 14.5. The Balaban J connectivity index is 1.77. The van der Waals surface area contributed by atoms with Crippen molar-refractivity contribution in [2.24, 2.45) is 10.9 Å². The van der Waals surface area contributed by atoms with Crippen LogP contribution in [-0.2, 0) is 11.2 Å². The zero-order chi connectivity index (χ0) is 16.5. The zero-order valence-corrected chi connectivity index (χ0v) is 15.4. The van der Waals surface area contributed by atoms with E-state index in [0.717, 1.165) is 51.7 Å². The van der Waals surface area contributed by atoms with E-state index in [2.05, 4.69) is 53.9 Å². The molecule has 0 radical (unpaired) electrons. The van der Waals surface area contributed by atoms with Gasteiger partial charge in [-0.2, -0.15) is 0 Å². The Kier molecular flexibility index (Phi) is 7.85. The van der Waals surface area contributed by atoms with E-state index in [9.17, 15) is 0 Å². The summed E-state index contributed by atoms with van der Waals surface area (Å²) >= 11 is 1.82. The first kappa shape index (κ1) is 18.2. The number of guanidine groups is 1. The fraction of sp³-hybridized carbons (Fsp3) is 0.706. The molecule has 6 heteroatoms. The highest BCUT2D eigenvalue weighted by atomic mass is 32.1. The molecule has 2 unspecified atom stereocenters. The molecule has 0 aliphatic carbocycles. The van der Waals surface area contributed by atoms with Crippen LogP contribution in [0.5, 0.6) is 0 Å². The number of hydrogen-bond acceptors (Lipinski definition) is 4. The molecule has 1 fully saturated rings. The maximum atomic E-state index is 5.79. The molecule has 0 aromatic carbocycles. The average Bonchev–Trinajstić information content (AvgIpc) is 3.03. The normalized spacial score (nSPS) is 21.2. The fourth-order valence-electron chi connectivity index (χ4n) is 2.63. The van der Waals surface area contributed by atoms with Crippen LogP contribution in [0.2, 0.25) is 0 Å². The summed E-state index contributed by atoms with van der Waals surface area (Å²) in [6, 6.07) is 4.31. The van der Waals surface area contributed by atoms with Gasteiger partial charge in [0.25, 0.3) is 0 Å². The van der Waals surface area contributed by atoms with Gasteiger partial charge in [0.2, 0.25) is 0 Å². The van der Waals surface area contributed by atoms with Crippen molar-refractivity contribution in [3.63, 3.8) is 0 Å². The van der Waals surface area contributed by atoms with E-state index < -0.39 is 0 Å². The van der Waals surface area contributed by atoms with Gasteiger partial charge in [-0.05, 0) is 37.8 Å². The maximum Gasteiger partial charge on any atom is 0.191 e. The lowest BCUT2D eigenvalue weighted by molar-refractivity contribution is -0.0161. The first-order chi connectivity index (χ1) is 11.2. The Morgan fingerprint density at radius 3 is 3.09 bits per heavy atom. The number of nitrogens with zero attached hydrogens (tertiary/aromatic N) is 2. The minimum atomic E-state index is 0.237. The van der Waals surface area contributed by atoms with Crippen LogP contribution in [0.15, 0.2) is 22.5 Å². The van der Waals surface area contributed by atoms with E-state index in [0.29, 0.717) is 5.92 Å². The molecular weight excluding hydrogens is 308 g/mol. The molecule has 0 spiro atoms. The molecular formula is C17H30N4OS. The maximum absolute atomic E-state index is 5.79. The smallest absolute Gasteiger partial charge is 0.191 e. The minimum absolute atomic E-state index is 0.237. The van der Waals surface area contributed by atoms with Crippen molar-refractivity contribution >= 4 is 17.3 Å². The SMILES string of the molecule is CCNC(=NCC(C)Cc1cccs1)NCC1CN(C)CCO1. The van der Waals surface area contributed by atoms with Gasteiger partial charge in [0.05, 0.1) is 12.7 Å². The van der Waals surface area contributed by atoms with Crippen molar-refractivity contribution in [1.29, 1.82) is 0 Å². The van der Waals surface area contributed by atoms with Crippen LogP contribution in [0.3, 0.4) is 0 Å². The van der Waals surface area contributed by atoms with Crippen molar-refractivity contribution in [3.8, 4) is 0 Å². The van der Waals surface area contributed by atoms with Crippen LogP contribution >= 0.6 is 11.3 Å². The van der Waals surface area contributed by atoms with Crippen molar-refractivity contribution in [2.45, 2.75) is 26.4 Å². The largest absolute Gasteiger partial charge is 0.374 e. The van der Waals surface area contributed by atoms with Gasteiger partial charge in [-0.1, -0.05) is 13.0 Å². The van der Waals surface area contributed by atoms with Gasteiger partial charge in [0.1, 0.15) is 0 Å². The second-order valence-corrected chi connectivity index (χ2v) is 7.28. The standard InChI is InChI=1S/C17H30N4OS/c1-4-18-17(20-12-15-13-21(3)7-8-22-15)19-11-14(2)10-16-6-5-9-23-16/h5-6,9,14-15H,4,7-8,10-13H2,1-3H3,(H2,18,19,20).